The number of nitrogens with two attached hydrogens (primary N) is 1. The van der Waals surface area contributed by atoms with Crippen LogP contribution >= 0.6 is 24.8 Å². The Bertz CT molecular complexity index is 590. The number of ether oxygens (including phenoxy) is 1. The van der Waals surface area contributed by atoms with Gasteiger partial charge in [0.15, 0.2) is 0 Å². The largest absolute Gasteiger partial charge is 0.497 e. The zero-order valence-electron chi connectivity index (χ0n) is 16.1. The summed E-state index contributed by atoms with van der Waals surface area (Å²) < 4.78 is 5.19. The van der Waals surface area contributed by atoms with E-state index in [9.17, 15) is 9.90 Å². The smallest absolute Gasteiger partial charge is 0.451 e. The van der Waals surface area contributed by atoms with Crippen molar-refractivity contribution < 1.29 is 24.7 Å². The van der Waals surface area contributed by atoms with E-state index in [0.717, 1.165) is 24.3 Å². The van der Waals surface area contributed by atoms with Gasteiger partial charge >= 0.3 is 13.1 Å². The van der Waals surface area contributed by atoms with Crippen LogP contribution in [0.15, 0.2) is 24.3 Å². The Morgan fingerprint density at radius 2 is 1.82 bits per heavy atom. The summed E-state index contributed by atoms with van der Waals surface area (Å²) in [5.74, 6) is -0.221. The van der Waals surface area contributed by atoms with Crippen molar-refractivity contribution >= 4 is 43.6 Å². The van der Waals surface area contributed by atoms with Crippen LogP contribution in [-0.4, -0.2) is 53.5 Å². The fraction of sp³-hybridized carbons (Fsp3) is 0.611. The Labute approximate surface area is 179 Å². The van der Waals surface area contributed by atoms with Gasteiger partial charge in [-0.3, -0.25) is 4.79 Å². The first-order valence-electron chi connectivity index (χ1n) is 9.15. The van der Waals surface area contributed by atoms with Gasteiger partial charge in [-0.25, -0.2) is 0 Å². The highest BCUT2D eigenvalue weighted by molar-refractivity contribution is 6.40. The van der Waals surface area contributed by atoms with Gasteiger partial charge in [-0.2, -0.15) is 0 Å². The summed E-state index contributed by atoms with van der Waals surface area (Å²) in [6.45, 7) is 0.572. The van der Waals surface area contributed by atoms with Crippen molar-refractivity contribution in [2.24, 2.45) is 5.73 Å². The number of benzene rings is 1. The molecule has 1 saturated carbocycles. The standard InChI is InChI=1S/C18H29BN2O5.2ClH/c1-26-16-8-6-15(7-9-16)21(14-4-5-14)13-11-18(20,17(22)23)10-2-3-12-19(24)25;;/h6-9,14,24-25H,2-5,10-13,20H2,1H3,(H,22,23);2*1H. The summed E-state index contributed by atoms with van der Waals surface area (Å²) in [5, 5.41) is 27.4. The molecule has 0 amide bonds. The molecule has 1 aromatic rings. The minimum absolute atomic E-state index is 0. The normalized spacial score (nSPS) is 14.9. The number of methoxy groups -OCH3 is 1. The van der Waals surface area contributed by atoms with Crippen LogP contribution in [0.5, 0.6) is 5.75 Å². The maximum atomic E-state index is 11.7. The maximum absolute atomic E-state index is 11.7. The number of unbranched alkanes of at least 4 members (excludes halogenated alkanes) is 1. The van der Waals surface area contributed by atoms with Gasteiger partial charge in [0.1, 0.15) is 11.3 Å². The highest BCUT2D eigenvalue weighted by Gasteiger charge is 2.36. The first-order valence-corrected chi connectivity index (χ1v) is 9.15. The minimum atomic E-state index is -1.35. The summed E-state index contributed by atoms with van der Waals surface area (Å²) >= 11 is 0. The van der Waals surface area contributed by atoms with Crippen molar-refractivity contribution in [1.82, 2.24) is 0 Å². The van der Waals surface area contributed by atoms with Gasteiger partial charge in [-0.1, -0.05) is 12.8 Å². The van der Waals surface area contributed by atoms with Gasteiger partial charge in [-0.05, 0) is 56.3 Å². The molecule has 0 spiro atoms. The van der Waals surface area contributed by atoms with E-state index in [2.05, 4.69) is 4.90 Å². The number of anilines is 1. The molecule has 0 aromatic heterocycles. The van der Waals surface area contributed by atoms with Crippen molar-refractivity contribution in [3.8, 4) is 5.75 Å². The number of carboxylic acid groups (broad SMARTS) is 1. The molecule has 1 unspecified atom stereocenters. The van der Waals surface area contributed by atoms with Crippen LogP contribution in [0.4, 0.5) is 5.69 Å². The third-order valence-electron chi connectivity index (χ3n) is 4.95. The first kappa shape index (κ1) is 26.8. The van der Waals surface area contributed by atoms with E-state index >= 15 is 0 Å². The molecule has 5 N–H and O–H groups in total. The van der Waals surface area contributed by atoms with E-state index in [1.165, 1.54) is 0 Å². The van der Waals surface area contributed by atoms with Gasteiger partial charge in [0, 0.05) is 18.3 Å². The van der Waals surface area contributed by atoms with Gasteiger partial charge in [-0.15, -0.1) is 24.8 Å². The predicted octanol–water partition coefficient (Wildman–Crippen LogP) is 2.32. The number of hydrogen-bond acceptors (Lipinski definition) is 6. The molecule has 10 heteroatoms. The number of halogens is 2. The SMILES string of the molecule is COc1ccc(N(CCC(N)(CCCCB(O)O)C(=O)O)C2CC2)cc1.Cl.Cl. The summed E-state index contributed by atoms with van der Waals surface area (Å²) in [6.07, 6.45) is 4.18. The van der Waals surface area contributed by atoms with Crippen molar-refractivity contribution in [3.05, 3.63) is 24.3 Å². The molecule has 0 aliphatic heterocycles. The predicted molar refractivity (Wildman–Crippen MR) is 116 cm³/mol. The van der Waals surface area contributed by atoms with Crippen molar-refractivity contribution in [2.45, 2.75) is 56.4 Å². The molecule has 1 aliphatic carbocycles. The summed E-state index contributed by atoms with van der Waals surface area (Å²) in [6, 6.07) is 8.21. The highest BCUT2D eigenvalue weighted by Crippen LogP contribution is 2.33. The molecule has 0 saturated heterocycles. The summed E-state index contributed by atoms with van der Waals surface area (Å²) in [4.78, 5) is 13.9. The van der Waals surface area contributed by atoms with E-state index in [4.69, 9.17) is 20.5 Å². The van der Waals surface area contributed by atoms with Crippen molar-refractivity contribution in [2.75, 3.05) is 18.6 Å². The second-order valence-electron chi connectivity index (χ2n) is 7.06. The second-order valence-corrected chi connectivity index (χ2v) is 7.06. The zero-order valence-corrected chi connectivity index (χ0v) is 17.8. The molecule has 0 heterocycles. The van der Waals surface area contributed by atoms with E-state index in [-0.39, 0.29) is 31.1 Å². The molecular weight excluding hydrogens is 406 g/mol. The Morgan fingerprint density at radius 1 is 1.21 bits per heavy atom. The quantitative estimate of drug-likeness (QED) is 0.293. The molecule has 1 fully saturated rings. The van der Waals surface area contributed by atoms with Gasteiger partial charge in [0.2, 0.25) is 0 Å². The molecule has 160 valence electrons. The van der Waals surface area contributed by atoms with E-state index < -0.39 is 18.6 Å². The molecule has 2 rings (SSSR count). The third-order valence-corrected chi connectivity index (χ3v) is 4.95. The average molecular weight is 437 g/mol. The van der Waals surface area contributed by atoms with Crippen molar-refractivity contribution in [3.63, 3.8) is 0 Å². The highest BCUT2D eigenvalue weighted by atomic mass is 35.5. The lowest BCUT2D eigenvalue weighted by atomic mass is 9.81. The molecule has 0 bridgehead atoms. The number of rotatable bonds is 12. The molecule has 28 heavy (non-hydrogen) atoms. The summed E-state index contributed by atoms with van der Waals surface area (Å²) in [7, 11) is 0.270. The molecule has 0 radical (unpaired) electrons. The van der Waals surface area contributed by atoms with Crippen LogP contribution in [0.1, 0.15) is 38.5 Å². The second kappa shape index (κ2) is 12.4. The van der Waals surface area contributed by atoms with Crippen LogP contribution in [-0.2, 0) is 4.79 Å². The van der Waals surface area contributed by atoms with E-state index in [1.54, 1.807) is 7.11 Å². The molecular formula is C18H31BCl2N2O5. The van der Waals surface area contributed by atoms with E-state index in [0.29, 0.717) is 38.3 Å². The summed E-state index contributed by atoms with van der Waals surface area (Å²) in [5.41, 5.74) is 5.92. The molecule has 1 aliphatic rings. The molecule has 1 aromatic carbocycles. The van der Waals surface area contributed by atoms with Crippen molar-refractivity contribution in [1.29, 1.82) is 0 Å². The Hall–Kier alpha value is -1.19. The molecule has 7 nitrogen and oxygen atoms in total. The zero-order chi connectivity index (χ0) is 19.2. The van der Waals surface area contributed by atoms with Crippen LogP contribution in [0.25, 0.3) is 0 Å². The lowest BCUT2D eigenvalue weighted by molar-refractivity contribution is -0.143. The minimum Gasteiger partial charge on any atom is -0.497 e. The van der Waals surface area contributed by atoms with Gasteiger partial charge < -0.3 is 30.5 Å². The molecule has 1 atom stereocenters. The van der Waals surface area contributed by atoms with Crippen LogP contribution in [0.3, 0.4) is 0 Å². The topological polar surface area (TPSA) is 116 Å². The van der Waals surface area contributed by atoms with Gasteiger partial charge in [0.05, 0.1) is 7.11 Å². The maximum Gasteiger partial charge on any atom is 0.451 e. The lowest BCUT2D eigenvalue weighted by Gasteiger charge is -2.31. The lowest BCUT2D eigenvalue weighted by Crippen LogP contribution is -2.50. The number of carbonyl (C=O) groups is 1. The number of nitrogens with zero attached hydrogens (tertiary/aromatic N) is 1. The fourth-order valence-corrected chi connectivity index (χ4v) is 3.11. The Kier molecular flexibility index (Phi) is 11.9. The average Bonchev–Trinajstić information content (AvgIpc) is 3.44. The third kappa shape index (κ3) is 8.05. The fourth-order valence-electron chi connectivity index (χ4n) is 3.11. The number of aliphatic carboxylic acids is 1. The van der Waals surface area contributed by atoms with Crippen LogP contribution in [0, 0.1) is 0 Å². The number of hydrogen-bond donors (Lipinski definition) is 4. The monoisotopic (exact) mass is 436 g/mol. The van der Waals surface area contributed by atoms with Crippen LogP contribution < -0.4 is 15.4 Å². The Balaban J connectivity index is 0.00000364. The number of carboxylic acids is 1. The van der Waals surface area contributed by atoms with Crippen LogP contribution in [0.2, 0.25) is 6.32 Å². The first-order chi connectivity index (χ1) is 12.4. The van der Waals surface area contributed by atoms with E-state index in [1.807, 2.05) is 24.3 Å². The van der Waals surface area contributed by atoms with Gasteiger partial charge in [0.25, 0.3) is 0 Å². The Morgan fingerprint density at radius 3 is 2.29 bits per heavy atom.